The van der Waals surface area contributed by atoms with Crippen LogP contribution < -0.4 is 5.32 Å². The van der Waals surface area contributed by atoms with Gasteiger partial charge in [0.25, 0.3) is 5.91 Å². The van der Waals surface area contributed by atoms with Crippen molar-refractivity contribution in [1.82, 2.24) is 10.3 Å². The zero-order valence-electron chi connectivity index (χ0n) is 11.3. The maximum Gasteiger partial charge on any atom is 0.251 e. The first-order chi connectivity index (χ1) is 9.24. The Hall–Kier alpha value is -1.77. The molecule has 2 N–H and O–H groups in total. The molecule has 1 aliphatic carbocycles. The Morgan fingerprint density at radius 3 is 3.05 bits per heavy atom. The topological polar surface area (TPSA) is 44.9 Å². The summed E-state index contributed by atoms with van der Waals surface area (Å²) in [4.78, 5) is 15.3. The fourth-order valence-electron chi connectivity index (χ4n) is 3.05. The second-order valence-electron chi connectivity index (χ2n) is 5.66. The number of aromatic nitrogens is 1. The molecule has 1 aromatic heterocycles. The molecule has 1 aromatic carbocycles. The zero-order valence-corrected chi connectivity index (χ0v) is 11.3. The molecule has 1 saturated carbocycles. The number of nitrogens with one attached hydrogen (secondary N) is 2. The summed E-state index contributed by atoms with van der Waals surface area (Å²) < 4.78 is 0. The van der Waals surface area contributed by atoms with Crippen molar-refractivity contribution >= 4 is 16.8 Å². The second-order valence-corrected chi connectivity index (χ2v) is 5.66. The Morgan fingerprint density at radius 2 is 2.26 bits per heavy atom. The molecule has 3 heteroatoms. The van der Waals surface area contributed by atoms with Gasteiger partial charge in [-0.3, -0.25) is 4.79 Å². The van der Waals surface area contributed by atoms with Crippen LogP contribution in [0, 0.1) is 11.8 Å². The molecule has 19 heavy (non-hydrogen) atoms. The van der Waals surface area contributed by atoms with E-state index in [9.17, 15) is 4.79 Å². The monoisotopic (exact) mass is 256 g/mol. The lowest BCUT2D eigenvalue weighted by molar-refractivity contribution is 0.0945. The van der Waals surface area contributed by atoms with Crippen LogP contribution in [0.2, 0.25) is 0 Å². The van der Waals surface area contributed by atoms with Crippen LogP contribution in [0.1, 0.15) is 36.5 Å². The zero-order chi connectivity index (χ0) is 13.2. The average Bonchev–Trinajstić information content (AvgIpc) is 3.03. The van der Waals surface area contributed by atoms with E-state index in [-0.39, 0.29) is 5.91 Å². The van der Waals surface area contributed by atoms with Crippen LogP contribution in [0.25, 0.3) is 10.9 Å². The molecule has 0 aliphatic heterocycles. The van der Waals surface area contributed by atoms with Gasteiger partial charge < -0.3 is 10.3 Å². The number of hydrogen-bond acceptors (Lipinski definition) is 1. The van der Waals surface area contributed by atoms with E-state index in [0.29, 0.717) is 5.92 Å². The van der Waals surface area contributed by atoms with Gasteiger partial charge in [-0.15, -0.1) is 0 Å². The van der Waals surface area contributed by atoms with Crippen molar-refractivity contribution in [3.05, 3.63) is 36.0 Å². The SMILES string of the molecule is CC1CCCC1CNC(=O)c1ccc2[nH]ccc2c1. The largest absolute Gasteiger partial charge is 0.361 e. The molecule has 2 aromatic rings. The Morgan fingerprint density at radius 1 is 1.37 bits per heavy atom. The van der Waals surface area contributed by atoms with Crippen molar-refractivity contribution in [3.63, 3.8) is 0 Å². The van der Waals surface area contributed by atoms with Gasteiger partial charge in [0.05, 0.1) is 0 Å². The lowest BCUT2D eigenvalue weighted by Crippen LogP contribution is -2.30. The van der Waals surface area contributed by atoms with Gasteiger partial charge in [0.1, 0.15) is 0 Å². The third-order valence-corrected chi connectivity index (χ3v) is 4.38. The third-order valence-electron chi connectivity index (χ3n) is 4.38. The summed E-state index contributed by atoms with van der Waals surface area (Å²) in [5.74, 6) is 1.44. The molecule has 3 rings (SSSR count). The second kappa shape index (κ2) is 5.08. The summed E-state index contributed by atoms with van der Waals surface area (Å²) in [5.41, 5.74) is 1.82. The van der Waals surface area contributed by atoms with E-state index in [4.69, 9.17) is 0 Å². The van der Waals surface area contributed by atoms with Gasteiger partial charge in [-0.05, 0) is 42.5 Å². The maximum absolute atomic E-state index is 12.2. The highest BCUT2D eigenvalue weighted by atomic mass is 16.1. The molecule has 2 unspecified atom stereocenters. The van der Waals surface area contributed by atoms with Gasteiger partial charge in [-0.25, -0.2) is 0 Å². The van der Waals surface area contributed by atoms with Crippen molar-refractivity contribution in [2.45, 2.75) is 26.2 Å². The van der Waals surface area contributed by atoms with E-state index in [2.05, 4.69) is 17.2 Å². The van der Waals surface area contributed by atoms with Crippen molar-refractivity contribution in [1.29, 1.82) is 0 Å². The summed E-state index contributed by atoms with van der Waals surface area (Å²) in [6.07, 6.45) is 5.75. The molecular weight excluding hydrogens is 236 g/mol. The minimum absolute atomic E-state index is 0.0437. The van der Waals surface area contributed by atoms with Crippen molar-refractivity contribution in [3.8, 4) is 0 Å². The number of carbonyl (C=O) groups is 1. The van der Waals surface area contributed by atoms with Crippen LogP contribution in [0.15, 0.2) is 30.5 Å². The van der Waals surface area contributed by atoms with E-state index in [1.807, 2.05) is 30.5 Å². The molecule has 0 saturated heterocycles. The summed E-state index contributed by atoms with van der Waals surface area (Å²) in [6, 6.07) is 7.78. The Balaban J connectivity index is 1.66. The van der Waals surface area contributed by atoms with Gasteiger partial charge in [0.2, 0.25) is 0 Å². The lowest BCUT2D eigenvalue weighted by atomic mass is 9.98. The molecule has 3 nitrogen and oxygen atoms in total. The lowest BCUT2D eigenvalue weighted by Gasteiger charge is -2.15. The quantitative estimate of drug-likeness (QED) is 0.869. The van der Waals surface area contributed by atoms with E-state index >= 15 is 0 Å². The number of fused-ring (bicyclic) bond motifs is 1. The van der Waals surface area contributed by atoms with E-state index in [1.54, 1.807) is 0 Å². The summed E-state index contributed by atoms with van der Waals surface area (Å²) in [6.45, 7) is 3.10. The van der Waals surface area contributed by atoms with Crippen molar-refractivity contribution in [2.75, 3.05) is 6.54 Å². The molecule has 0 bridgehead atoms. The summed E-state index contributed by atoms with van der Waals surface area (Å²) in [5, 5.41) is 4.16. The number of amides is 1. The molecule has 0 radical (unpaired) electrons. The molecule has 1 aliphatic rings. The van der Waals surface area contributed by atoms with Gasteiger partial charge in [0.15, 0.2) is 0 Å². The predicted octanol–water partition coefficient (Wildman–Crippen LogP) is 3.33. The Labute approximate surface area is 113 Å². The molecule has 1 amide bonds. The van der Waals surface area contributed by atoms with Crippen LogP contribution in [-0.4, -0.2) is 17.4 Å². The van der Waals surface area contributed by atoms with Crippen LogP contribution in [0.4, 0.5) is 0 Å². The summed E-state index contributed by atoms with van der Waals surface area (Å²) >= 11 is 0. The molecule has 1 heterocycles. The third kappa shape index (κ3) is 2.50. The summed E-state index contributed by atoms with van der Waals surface area (Å²) in [7, 11) is 0. The van der Waals surface area contributed by atoms with E-state index in [1.165, 1.54) is 19.3 Å². The van der Waals surface area contributed by atoms with E-state index < -0.39 is 0 Å². The smallest absolute Gasteiger partial charge is 0.251 e. The predicted molar refractivity (Wildman–Crippen MR) is 77.1 cm³/mol. The fraction of sp³-hybridized carbons (Fsp3) is 0.438. The highest BCUT2D eigenvalue weighted by molar-refractivity contribution is 5.98. The number of rotatable bonds is 3. The minimum Gasteiger partial charge on any atom is -0.361 e. The number of hydrogen-bond donors (Lipinski definition) is 2. The van der Waals surface area contributed by atoms with E-state index in [0.717, 1.165) is 28.9 Å². The van der Waals surface area contributed by atoms with Crippen LogP contribution in [0.3, 0.4) is 0 Å². The van der Waals surface area contributed by atoms with Crippen molar-refractivity contribution in [2.24, 2.45) is 11.8 Å². The minimum atomic E-state index is 0.0437. The Kier molecular flexibility index (Phi) is 3.28. The standard InChI is InChI=1S/C16H20N2O/c1-11-3-2-4-14(11)10-18-16(19)13-5-6-15-12(9-13)7-8-17-15/h5-9,11,14,17H,2-4,10H2,1H3,(H,18,19). The van der Waals surface area contributed by atoms with Gasteiger partial charge in [0, 0.05) is 29.2 Å². The number of aromatic amines is 1. The number of benzene rings is 1. The maximum atomic E-state index is 12.2. The van der Waals surface area contributed by atoms with Crippen molar-refractivity contribution < 1.29 is 4.79 Å². The van der Waals surface area contributed by atoms with Crippen LogP contribution in [0.5, 0.6) is 0 Å². The number of H-pyrrole nitrogens is 1. The Bertz CT molecular complexity index is 587. The van der Waals surface area contributed by atoms with Gasteiger partial charge in [-0.1, -0.05) is 19.8 Å². The highest BCUT2D eigenvalue weighted by Gasteiger charge is 2.23. The fourth-order valence-corrected chi connectivity index (χ4v) is 3.05. The first-order valence-electron chi connectivity index (χ1n) is 7.09. The van der Waals surface area contributed by atoms with Crippen LogP contribution in [-0.2, 0) is 0 Å². The molecular formula is C16H20N2O. The molecule has 0 spiro atoms. The number of carbonyl (C=O) groups excluding carboxylic acids is 1. The van der Waals surface area contributed by atoms with Gasteiger partial charge in [-0.2, -0.15) is 0 Å². The molecule has 2 atom stereocenters. The molecule has 1 fully saturated rings. The normalized spacial score (nSPS) is 22.8. The molecule has 100 valence electrons. The average molecular weight is 256 g/mol. The first kappa shape index (κ1) is 12.3. The highest BCUT2D eigenvalue weighted by Crippen LogP contribution is 2.30. The van der Waals surface area contributed by atoms with Gasteiger partial charge >= 0.3 is 0 Å². The first-order valence-corrected chi connectivity index (χ1v) is 7.09. The van der Waals surface area contributed by atoms with Crippen LogP contribution >= 0.6 is 0 Å².